The van der Waals surface area contributed by atoms with E-state index in [0.717, 1.165) is 31.4 Å². The molecule has 0 aromatic carbocycles. The molecule has 0 amide bonds. The number of carbonyl (C=O) groups excluding carboxylic acids is 1. The average molecular weight is 235 g/mol. The highest BCUT2D eigenvalue weighted by molar-refractivity contribution is 5.88. The van der Waals surface area contributed by atoms with Crippen LogP contribution >= 0.6 is 0 Å². The van der Waals surface area contributed by atoms with E-state index >= 15 is 0 Å². The molecule has 1 aromatic rings. The van der Waals surface area contributed by atoms with Crippen molar-refractivity contribution < 1.29 is 9.53 Å². The largest absolute Gasteiger partial charge is 0.464 e. The second-order valence-electron chi connectivity index (χ2n) is 4.97. The molecule has 5 nitrogen and oxygen atoms in total. The second-order valence-corrected chi connectivity index (χ2v) is 4.97. The van der Waals surface area contributed by atoms with Crippen LogP contribution in [0.15, 0.2) is 0 Å². The smallest absolute Gasteiger partial charge is 0.360 e. The first-order chi connectivity index (χ1) is 8.31. The maximum absolute atomic E-state index is 11.7. The van der Waals surface area contributed by atoms with Gasteiger partial charge in [-0.2, -0.15) is 0 Å². The molecular formula is C12H17N3O2. The highest BCUT2D eigenvalue weighted by Gasteiger charge is 2.35. The quantitative estimate of drug-likeness (QED) is 0.752. The van der Waals surface area contributed by atoms with Crippen LogP contribution in [-0.2, 0) is 4.74 Å². The minimum Gasteiger partial charge on any atom is -0.464 e. The topological polar surface area (TPSA) is 57.0 Å². The number of esters is 1. The highest BCUT2D eigenvalue weighted by atomic mass is 16.5. The van der Waals surface area contributed by atoms with E-state index in [1.165, 1.54) is 20.0 Å². The lowest BCUT2D eigenvalue weighted by Gasteiger charge is -2.12. The van der Waals surface area contributed by atoms with E-state index in [9.17, 15) is 4.79 Å². The van der Waals surface area contributed by atoms with E-state index in [1.807, 2.05) is 4.68 Å². The highest BCUT2D eigenvalue weighted by Crippen LogP contribution is 2.41. The molecule has 2 fully saturated rings. The van der Waals surface area contributed by atoms with Gasteiger partial charge in [-0.1, -0.05) is 18.1 Å². The van der Waals surface area contributed by atoms with Gasteiger partial charge in [-0.05, 0) is 25.7 Å². The van der Waals surface area contributed by atoms with Gasteiger partial charge in [0.05, 0.1) is 18.8 Å². The Labute approximate surface area is 100 Å². The van der Waals surface area contributed by atoms with Crippen molar-refractivity contribution >= 4 is 5.97 Å². The molecule has 0 spiro atoms. The number of ether oxygens (including phenoxy) is 1. The molecule has 0 unspecified atom stereocenters. The van der Waals surface area contributed by atoms with Crippen LogP contribution in [0.3, 0.4) is 0 Å². The summed E-state index contributed by atoms with van der Waals surface area (Å²) >= 11 is 0. The van der Waals surface area contributed by atoms with E-state index in [0.29, 0.717) is 17.7 Å². The molecule has 1 heterocycles. The van der Waals surface area contributed by atoms with E-state index in [4.69, 9.17) is 4.74 Å². The number of hydrogen-bond donors (Lipinski definition) is 0. The van der Waals surface area contributed by atoms with Gasteiger partial charge in [0, 0.05) is 5.92 Å². The van der Waals surface area contributed by atoms with Crippen LogP contribution in [0.1, 0.15) is 66.7 Å². The van der Waals surface area contributed by atoms with Gasteiger partial charge in [0.1, 0.15) is 0 Å². The predicted octanol–water partition coefficient (Wildman–Crippen LogP) is 2.06. The third kappa shape index (κ3) is 1.83. The molecule has 2 aliphatic carbocycles. The Morgan fingerprint density at radius 1 is 1.29 bits per heavy atom. The van der Waals surface area contributed by atoms with Gasteiger partial charge in [0.25, 0.3) is 0 Å². The Hall–Kier alpha value is -1.39. The van der Waals surface area contributed by atoms with Crippen LogP contribution in [0.5, 0.6) is 0 Å². The molecule has 1 aromatic heterocycles. The Balaban J connectivity index is 1.99. The lowest BCUT2D eigenvalue weighted by Crippen LogP contribution is -2.11. The van der Waals surface area contributed by atoms with Crippen molar-refractivity contribution in [1.29, 1.82) is 0 Å². The van der Waals surface area contributed by atoms with Crippen molar-refractivity contribution in [3.63, 3.8) is 0 Å². The first-order valence-electron chi connectivity index (χ1n) is 6.34. The van der Waals surface area contributed by atoms with Gasteiger partial charge in [-0.3, -0.25) is 0 Å². The number of methoxy groups -OCH3 is 1. The summed E-state index contributed by atoms with van der Waals surface area (Å²) in [6.45, 7) is 0. The summed E-state index contributed by atoms with van der Waals surface area (Å²) in [5.41, 5.74) is 1.46. The van der Waals surface area contributed by atoms with Crippen molar-refractivity contribution in [3.8, 4) is 0 Å². The van der Waals surface area contributed by atoms with Gasteiger partial charge in [0.2, 0.25) is 0 Å². The molecule has 0 atom stereocenters. The van der Waals surface area contributed by atoms with E-state index < -0.39 is 0 Å². The number of hydrogen-bond acceptors (Lipinski definition) is 4. The third-order valence-corrected chi connectivity index (χ3v) is 3.74. The zero-order valence-electron chi connectivity index (χ0n) is 10.1. The molecule has 2 aliphatic rings. The molecular weight excluding hydrogens is 218 g/mol. The van der Waals surface area contributed by atoms with Gasteiger partial charge in [0.15, 0.2) is 5.69 Å². The zero-order valence-corrected chi connectivity index (χ0v) is 10.1. The summed E-state index contributed by atoms with van der Waals surface area (Å²) in [5.74, 6) is 0.0958. The second kappa shape index (κ2) is 4.13. The number of nitrogens with zero attached hydrogens (tertiary/aromatic N) is 3. The van der Waals surface area contributed by atoms with Gasteiger partial charge < -0.3 is 4.74 Å². The summed E-state index contributed by atoms with van der Waals surface area (Å²) in [5, 5.41) is 8.19. The number of rotatable bonds is 3. The average Bonchev–Trinajstić information content (AvgIpc) is 2.90. The fourth-order valence-electron chi connectivity index (χ4n) is 2.71. The normalized spacial score (nSPS) is 20.8. The molecule has 2 saturated carbocycles. The monoisotopic (exact) mass is 235 g/mol. The van der Waals surface area contributed by atoms with Crippen LogP contribution in [0.25, 0.3) is 0 Å². The molecule has 0 saturated heterocycles. The summed E-state index contributed by atoms with van der Waals surface area (Å²) in [6.07, 6.45) is 7.07. The van der Waals surface area contributed by atoms with Crippen molar-refractivity contribution in [1.82, 2.24) is 15.0 Å². The van der Waals surface area contributed by atoms with E-state index in [-0.39, 0.29) is 5.97 Å². The fraction of sp³-hybridized carbons (Fsp3) is 0.750. The lowest BCUT2D eigenvalue weighted by molar-refractivity contribution is 0.0592. The van der Waals surface area contributed by atoms with Crippen LogP contribution in [0.2, 0.25) is 0 Å². The van der Waals surface area contributed by atoms with Crippen molar-refractivity contribution in [2.75, 3.05) is 7.11 Å². The zero-order chi connectivity index (χ0) is 11.8. The minimum absolute atomic E-state index is 0.348. The summed E-state index contributed by atoms with van der Waals surface area (Å²) in [7, 11) is 1.40. The van der Waals surface area contributed by atoms with Crippen LogP contribution in [-0.4, -0.2) is 28.1 Å². The van der Waals surface area contributed by atoms with Gasteiger partial charge >= 0.3 is 5.97 Å². The number of carbonyl (C=O) groups is 1. The maximum atomic E-state index is 11.7. The van der Waals surface area contributed by atoms with Crippen LogP contribution in [0, 0.1) is 0 Å². The fourth-order valence-corrected chi connectivity index (χ4v) is 2.71. The van der Waals surface area contributed by atoms with E-state index in [2.05, 4.69) is 10.3 Å². The first kappa shape index (κ1) is 10.7. The molecule has 3 rings (SSSR count). The van der Waals surface area contributed by atoms with Gasteiger partial charge in [-0.15, -0.1) is 5.10 Å². The maximum Gasteiger partial charge on any atom is 0.360 e. The van der Waals surface area contributed by atoms with Crippen molar-refractivity contribution in [2.45, 2.75) is 50.5 Å². The third-order valence-electron chi connectivity index (χ3n) is 3.74. The molecule has 0 bridgehead atoms. The predicted molar refractivity (Wildman–Crippen MR) is 60.8 cm³/mol. The van der Waals surface area contributed by atoms with Crippen LogP contribution < -0.4 is 0 Å². The molecule has 0 aliphatic heterocycles. The molecule has 0 N–H and O–H groups in total. The Morgan fingerprint density at radius 3 is 2.59 bits per heavy atom. The lowest BCUT2D eigenvalue weighted by atomic mass is 10.0. The number of aromatic nitrogens is 3. The van der Waals surface area contributed by atoms with Crippen molar-refractivity contribution in [3.05, 3.63) is 11.4 Å². The summed E-state index contributed by atoms with van der Waals surface area (Å²) in [4.78, 5) is 11.7. The van der Waals surface area contributed by atoms with Crippen LogP contribution in [0.4, 0.5) is 0 Å². The van der Waals surface area contributed by atoms with E-state index in [1.54, 1.807) is 0 Å². The molecule has 5 heteroatoms. The minimum atomic E-state index is -0.348. The molecule has 0 radical (unpaired) electrons. The standard InChI is InChI=1S/C12H17N3O2/c1-17-12(16)10-11(8-4-2-3-5-8)15(14-13-10)9-6-7-9/h8-9H,2-7H2,1H3. The first-order valence-corrected chi connectivity index (χ1v) is 6.34. The Morgan fingerprint density at radius 2 is 2.00 bits per heavy atom. The summed E-state index contributed by atoms with van der Waals surface area (Å²) < 4.78 is 6.77. The summed E-state index contributed by atoms with van der Waals surface area (Å²) in [6, 6.07) is 0.469. The SMILES string of the molecule is COC(=O)c1nnn(C2CC2)c1C1CCCC1. The Bertz CT molecular complexity index is 431. The van der Waals surface area contributed by atoms with Crippen molar-refractivity contribution in [2.24, 2.45) is 0 Å². The molecule has 17 heavy (non-hydrogen) atoms. The Kier molecular flexibility index (Phi) is 2.61. The van der Waals surface area contributed by atoms with Gasteiger partial charge in [-0.25, -0.2) is 9.48 Å². The molecule has 92 valence electrons.